The van der Waals surface area contributed by atoms with Crippen LogP contribution in [0.1, 0.15) is 0 Å². The van der Waals surface area contributed by atoms with E-state index >= 15 is 0 Å². The second-order valence-corrected chi connectivity index (χ2v) is 5.67. The van der Waals surface area contributed by atoms with E-state index in [1.807, 2.05) is 0 Å². The predicted molar refractivity (Wildman–Crippen MR) is 72.6 cm³/mol. The van der Waals surface area contributed by atoms with Crippen molar-refractivity contribution in [2.24, 2.45) is 5.92 Å². The summed E-state index contributed by atoms with van der Waals surface area (Å²) in [6.07, 6.45) is -0.897. The third-order valence-corrected chi connectivity index (χ3v) is 4.31. The van der Waals surface area contributed by atoms with Crippen molar-refractivity contribution in [2.45, 2.75) is 12.2 Å². The summed E-state index contributed by atoms with van der Waals surface area (Å²) in [4.78, 5) is 12.5. The molecule has 0 amide bonds. The molecule has 9 heteroatoms. The molecular formula is C13H10ClF3N4O. The number of alkyl halides is 1. The first-order valence-electron chi connectivity index (χ1n) is 6.73. The molecule has 0 spiro atoms. The number of rotatable bonds is 1. The number of anilines is 1. The Labute approximate surface area is 128 Å². The van der Waals surface area contributed by atoms with Crippen molar-refractivity contribution in [3.63, 3.8) is 0 Å². The van der Waals surface area contributed by atoms with Crippen LogP contribution >= 0.6 is 11.6 Å². The molecule has 116 valence electrons. The largest absolute Gasteiger partial charge is 0.379 e. The quantitative estimate of drug-likeness (QED) is 0.592. The predicted octanol–water partition coefficient (Wildman–Crippen LogP) is 2.13. The summed E-state index contributed by atoms with van der Waals surface area (Å²) < 4.78 is 46.9. The molecule has 4 rings (SSSR count). The van der Waals surface area contributed by atoms with Crippen LogP contribution in [0.4, 0.5) is 19.0 Å². The van der Waals surface area contributed by atoms with Crippen LogP contribution in [-0.4, -0.2) is 46.9 Å². The summed E-state index contributed by atoms with van der Waals surface area (Å²) in [5.41, 5.74) is -0.264. The first-order valence-corrected chi connectivity index (χ1v) is 7.11. The zero-order valence-corrected chi connectivity index (χ0v) is 11.9. The van der Waals surface area contributed by atoms with E-state index in [2.05, 4.69) is 15.0 Å². The average molecular weight is 331 g/mol. The van der Waals surface area contributed by atoms with Gasteiger partial charge >= 0.3 is 6.08 Å². The third kappa shape index (κ3) is 2.01. The summed E-state index contributed by atoms with van der Waals surface area (Å²) in [6.45, 7) is 1.000. The molecule has 1 aliphatic carbocycles. The van der Waals surface area contributed by atoms with Gasteiger partial charge in [0.05, 0.1) is 24.6 Å². The molecule has 0 bridgehead atoms. The molecule has 3 unspecified atom stereocenters. The van der Waals surface area contributed by atoms with Gasteiger partial charge in [-0.3, -0.25) is 0 Å². The number of pyridine rings is 1. The van der Waals surface area contributed by atoms with E-state index in [9.17, 15) is 13.2 Å². The van der Waals surface area contributed by atoms with E-state index < -0.39 is 29.3 Å². The zero-order valence-electron chi connectivity index (χ0n) is 11.1. The first kappa shape index (κ1) is 14.0. The molecule has 3 atom stereocenters. The highest BCUT2D eigenvalue weighted by Crippen LogP contribution is 2.44. The standard InChI is InChI=1S/C13H10ClF3N4O/c14-11-8(16)9-5(3-18-11)12(20-13(17)19-9)21-1-2-22-4-6-7(15)10(6)21/h3,6-7,10H,1-2,4H2. The Morgan fingerprint density at radius 1 is 1.32 bits per heavy atom. The van der Waals surface area contributed by atoms with Crippen LogP contribution in [0, 0.1) is 17.8 Å². The molecule has 2 fully saturated rings. The topological polar surface area (TPSA) is 51.1 Å². The third-order valence-electron chi connectivity index (χ3n) is 4.05. The van der Waals surface area contributed by atoms with Crippen molar-refractivity contribution in [3.8, 4) is 0 Å². The van der Waals surface area contributed by atoms with Gasteiger partial charge in [-0.1, -0.05) is 11.6 Å². The minimum absolute atomic E-state index is 0.117. The minimum Gasteiger partial charge on any atom is -0.379 e. The van der Waals surface area contributed by atoms with Gasteiger partial charge in [-0.2, -0.15) is 14.4 Å². The molecule has 0 N–H and O–H groups in total. The Morgan fingerprint density at radius 3 is 2.95 bits per heavy atom. The summed E-state index contributed by atoms with van der Waals surface area (Å²) in [7, 11) is 0. The molecule has 2 aromatic rings. The van der Waals surface area contributed by atoms with Gasteiger partial charge in [-0.25, -0.2) is 13.8 Å². The summed E-state index contributed by atoms with van der Waals surface area (Å²) in [6, 6.07) is -0.446. The van der Waals surface area contributed by atoms with Crippen LogP contribution in [0.15, 0.2) is 6.20 Å². The number of hydrogen-bond acceptors (Lipinski definition) is 5. The molecule has 22 heavy (non-hydrogen) atoms. The van der Waals surface area contributed by atoms with E-state index in [1.54, 1.807) is 4.90 Å². The highest BCUT2D eigenvalue weighted by atomic mass is 35.5. The Bertz CT molecular complexity index is 762. The van der Waals surface area contributed by atoms with Gasteiger partial charge in [0.15, 0.2) is 11.0 Å². The monoisotopic (exact) mass is 330 g/mol. The van der Waals surface area contributed by atoms with Crippen molar-refractivity contribution in [2.75, 3.05) is 24.7 Å². The van der Waals surface area contributed by atoms with Crippen molar-refractivity contribution in [3.05, 3.63) is 23.2 Å². The van der Waals surface area contributed by atoms with Crippen LogP contribution in [0.5, 0.6) is 0 Å². The maximum Gasteiger partial charge on any atom is 0.311 e. The fourth-order valence-corrected chi connectivity index (χ4v) is 3.04. The van der Waals surface area contributed by atoms with E-state index in [0.717, 1.165) is 0 Å². The number of fused-ring (bicyclic) bond motifs is 2. The average Bonchev–Trinajstić information content (AvgIpc) is 3.18. The summed E-state index contributed by atoms with van der Waals surface area (Å²) >= 11 is 5.60. The van der Waals surface area contributed by atoms with Crippen molar-refractivity contribution in [1.29, 1.82) is 0 Å². The molecule has 1 saturated heterocycles. The number of aromatic nitrogens is 3. The van der Waals surface area contributed by atoms with Gasteiger partial charge in [0.1, 0.15) is 17.5 Å². The van der Waals surface area contributed by atoms with Crippen LogP contribution < -0.4 is 4.90 Å². The number of hydrogen-bond donors (Lipinski definition) is 0. The summed E-state index contributed by atoms with van der Waals surface area (Å²) in [5.74, 6) is -1.08. The molecule has 5 nitrogen and oxygen atoms in total. The number of halogens is 4. The first-order chi connectivity index (χ1) is 10.6. The van der Waals surface area contributed by atoms with Crippen molar-refractivity contribution >= 4 is 28.3 Å². The Kier molecular flexibility index (Phi) is 3.12. The van der Waals surface area contributed by atoms with Gasteiger partial charge in [0.25, 0.3) is 0 Å². The van der Waals surface area contributed by atoms with E-state index in [-0.39, 0.29) is 22.6 Å². The lowest BCUT2D eigenvalue weighted by Crippen LogP contribution is -2.31. The second kappa shape index (κ2) is 4.92. The lowest BCUT2D eigenvalue weighted by atomic mass is 10.2. The normalized spacial score (nSPS) is 27.6. The Balaban J connectivity index is 1.89. The van der Waals surface area contributed by atoms with Crippen LogP contribution in [0.3, 0.4) is 0 Å². The maximum atomic E-state index is 14.0. The molecule has 2 aromatic heterocycles. The van der Waals surface area contributed by atoms with Crippen LogP contribution in [0.25, 0.3) is 10.9 Å². The number of nitrogens with zero attached hydrogens (tertiary/aromatic N) is 4. The van der Waals surface area contributed by atoms with Crippen LogP contribution in [0.2, 0.25) is 5.15 Å². The van der Waals surface area contributed by atoms with Crippen molar-refractivity contribution < 1.29 is 17.9 Å². The maximum absolute atomic E-state index is 14.0. The lowest BCUT2D eigenvalue weighted by Gasteiger charge is -2.23. The second-order valence-electron chi connectivity index (χ2n) is 5.31. The minimum atomic E-state index is -1.10. The van der Waals surface area contributed by atoms with Gasteiger partial charge in [0.2, 0.25) is 0 Å². The summed E-state index contributed by atoms with van der Waals surface area (Å²) in [5, 5.41) is -0.202. The fourth-order valence-electron chi connectivity index (χ4n) is 2.90. The Hall–Kier alpha value is -1.67. The highest BCUT2D eigenvalue weighted by Gasteiger charge is 2.56. The molecule has 0 radical (unpaired) electrons. The van der Waals surface area contributed by atoms with Gasteiger partial charge in [-0.05, 0) is 0 Å². The molecule has 1 aliphatic heterocycles. The van der Waals surface area contributed by atoms with Crippen LogP contribution in [-0.2, 0) is 4.74 Å². The smallest absolute Gasteiger partial charge is 0.311 e. The number of ether oxygens (including phenoxy) is 1. The van der Waals surface area contributed by atoms with Gasteiger partial charge < -0.3 is 9.64 Å². The molecule has 0 aromatic carbocycles. The lowest BCUT2D eigenvalue weighted by molar-refractivity contribution is 0.130. The van der Waals surface area contributed by atoms with Crippen molar-refractivity contribution in [1.82, 2.24) is 15.0 Å². The highest BCUT2D eigenvalue weighted by molar-refractivity contribution is 6.30. The molecular weight excluding hydrogens is 321 g/mol. The SMILES string of the molecule is Fc1nc(N2CCOCC3C(F)C32)c2cnc(Cl)c(F)c2n1. The molecule has 3 heterocycles. The molecule has 1 saturated carbocycles. The van der Waals surface area contributed by atoms with E-state index in [4.69, 9.17) is 16.3 Å². The fraction of sp³-hybridized carbons (Fsp3) is 0.462. The Morgan fingerprint density at radius 2 is 2.14 bits per heavy atom. The van der Waals surface area contributed by atoms with E-state index in [1.165, 1.54) is 6.20 Å². The van der Waals surface area contributed by atoms with E-state index in [0.29, 0.717) is 19.8 Å². The van der Waals surface area contributed by atoms with Gasteiger partial charge in [0, 0.05) is 18.7 Å². The van der Waals surface area contributed by atoms with Gasteiger partial charge in [-0.15, -0.1) is 0 Å². The molecule has 2 aliphatic rings. The zero-order chi connectivity index (χ0) is 15.4.